The molecule has 2 nitrogen and oxygen atoms in total. The van der Waals surface area contributed by atoms with E-state index in [-0.39, 0.29) is 11.1 Å². The Morgan fingerprint density at radius 3 is 1.92 bits per heavy atom. The van der Waals surface area contributed by atoms with Crippen LogP contribution in [0.15, 0.2) is 84.9 Å². The maximum Gasteiger partial charge on any atom is 0.0498 e. The van der Waals surface area contributed by atoms with Crippen molar-refractivity contribution in [1.82, 2.24) is 0 Å². The van der Waals surface area contributed by atoms with E-state index >= 15 is 0 Å². The number of rotatable bonds is 2. The summed E-state index contributed by atoms with van der Waals surface area (Å²) >= 11 is 0. The van der Waals surface area contributed by atoms with E-state index in [1.165, 1.54) is 56.1 Å². The molecule has 0 amide bonds. The lowest BCUT2D eigenvalue weighted by atomic mass is 9.91. The van der Waals surface area contributed by atoms with Gasteiger partial charge < -0.3 is 9.80 Å². The molecule has 0 bridgehead atoms. The van der Waals surface area contributed by atoms with Crippen molar-refractivity contribution in [3.63, 3.8) is 0 Å². The van der Waals surface area contributed by atoms with Crippen molar-refractivity contribution in [2.24, 2.45) is 0 Å². The van der Waals surface area contributed by atoms with Gasteiger partial charge >= 0.3 is 0 Å². The average molecular weight is 473 g/mol. The van der Waals surface area contributed by atoms with E-state index in [4.69, 9.17) is 0 Å². The Balaban J connectivity index is 1.48. The summed E-state index contributed by atoms with van der Waals surface area (Å²) in [4.78, 5) is 5.03. The molecule has 1 aliphatic heterocycles. The summed E-state index contributed by atoms with van der Waals surface area (Å²) in [7, 11) is 0. The van der Waals surface area contributed by atoms with Crippen molar-refractivity contribution < 1.29 is 0 Å². The zero-order chi connectivity index (χ0) is 25.2. The van der Waals surface area contributed by atoms with Crippen molar-refractivity contribution in [3.8, 4) is 11.1 Å². The Morgan fingerprint density at radius 1 is 0.556 bits per heavy atom. The average Bonchev–Trinajstić information content (AvgIpc) is 3.18. The van der Waals surface area contributed by atoms with Crippen molar-refractivity contribution in [3.05, 3.63) is 107 Å². The summed E-state index contributed by atoms with van der Waals surface area (Å²) in [5.41, 5.74) is 13.5. The van der Waals surface area contributed by atoms with Crippen LogP contribution in [0.1, 0.15) is 63.8 Å². The zero-order valence-corrected chi connectivity index (χ0v) is 22.4. The van der Waals surface area contributed by atoms with Crippen LogP contribution >= 0.6 is 0 Å². The molecule has 6 rings (SSSR count). The molecule has 1 heterocycles. The normalized spacial score (nSPS) is 14.1. The molecule has 2 aliphatic rings. The molecule has 4 aromatic carbocycles. The number of hydrogen-bond donors (Lipinski definition) is 0. The van der Waals surface area contributed by atoms with E-state index in [2.05, 4.69) is 136 Å². The molecule has 0 saturated heterocycles. The van der Waals surface area contributed by atoms with Gasteiger partial charge in [-0.1, -0.05) is 48.5 Å². The van der Waals surface area contributed by atoms with Crippen molar-refractivity contribution in [2.75, 3.05) is 9.80 Å². The second-order valence-corrected chi connectivity index (χ2v) is 12.3. The van der Waals surface area contributed by atoms with Crippen LogP contribution in [0.5, 0.6) is 0 Å². The van der Waals surface area contributed by atoms with E-state index in [9.17, 15) is 0 Å². The van der Waals surface area contributed by atoms with Gasteiger partial charge in [0.2, 0.25) is 0 Å². The van der Waals surface area contributed by atoms with Crippen LogP contribution in [0.2, 0.25) is 0 Å². The molecule has 0 unspecified atom stereocenters. The summed E-state index contributed by atoms with van der Waals surface area (Å²) in [6, 6.07) is 31.8. The molecule has 0 saturated carbocycles. The third kappa shape index (κ3) is 3.71. The lowest BCUT2D eigenvalue weighted by Crippen LogP contribution is -2.53. The smallest absolute Gasteiger partial charge is 0.0498 e. The van der Waals surface area contributed by atoms with Gasteiger partial charge in [0.05, 0.1) is 0 Å². The molecule has 0 radical (unpaired) electrons. The maximum absolute atomic E-state index is 2.55. The molecule has 2 heteroatoms. The predicted octanol–water partition coefficient (Wildman–Crippen LogP) is 9.04. The minimum atomic E-state index is 0.0216. The molecule has 0 fully saturated rings. The molecule has 0 N–H and O–H groups in total. The Bertz CT molecular complexity index is 1450. The van der Waals surface area contributed by atoms with Gasteiger partial charge in [-0.05, 0) is 118 Å². The van der Waals surface area contributed by atoms with Gasteiger partial charge in [0, 0.05) is 40.2 Å². The Labute approximate surface area is 216 Å². The topological polar surface area (TPSA) is 6.48 Å². The quantitative estimate of drug-likeness (QED) is 0.248. The van der Waals surface area contributed by atoms with Crippen LogP contribution in [0.3, 0.4) is 0 Å². The van der Waals surface area contributed by atoms with Gasteiger partial charge in [-0.25, -0.2) is 0 Å². The van der Waals surface area contributed by atoms with E-state index < -0.39 is 0 Å². The van der Waals surface area contributed by atoms with Crippen molar-refractivity contribution in [1.29, 1.82) is 0 Å². The largest absolute Gasteiger partial charge is 0.362 e. The van der Waals surface area contributed by atoms with Gasteiger partial charge in [0.25, 0.3) is 0 Å². The predicted molar refractivity (Wildman–Crippen MR) is 154 cm³/mol. The molecule has 0 spiro atoms. The fourth-order valence-corrected chi connectivity index (χ4v) is 6.61. The number of benzene rings is 4. The Hall–Kier alpha value is -3.52. The number of para-hydroxylation sites is 1. The lowest BCUT2D eigenvalue weighted by Gasteiger charge is -2.48. The highest BCUT2D eigenvalue weighted by Gasteiger charge is 2.33. The van der Waals surface area contributed by atoms with Crippen LogP contribution in [0.4, 0.5) is 22.7 Å². The minimum Gasteiger partial charge on any atom is -0.362 e. The fourth-order valence-electron chi connectivity index (χ4n) is 6.61. The standard InChI is InChI=1S/C34H36N2/c1-33(2,3)36(34(4,5)6)28-16-18-32-26(22-28)20-24-12-8-10-14-31(24)35(32)27-15-17-30-25(21-27)19-23-11-7-9-13-29(23)30/h7-18,21-22H,19-20H2,1-6H3. The summed E-state index contributed by atoms with van der Waals surface area (Å²) < 4.78 is 0. The lowest BCUT2D eigenvalue weighted by molar-refractivity contribution is 0.381. The first kappa shape index (κ1) is 22.9. The maximum atomic E-state index is 2.55. The summed E-state index contributed by atoms with van der Waals surface area (Å²) in [6.45, 7) is 13.8. The highest BCUT2D eigenvalue weighted by molar-refractivity contribution is 5.87. The van der Waals surface area contributed by atoms with E-state index in [1.807, 2.05) is 0 Å². The van der Waals surface area contributed by atoms with Gasteiger partial charge in [-0.3, -0.25) is 0 Å². The number of anilines is 4. The summed E-state index contributed by atoms with van der Waals surface area (Å²) in [5.74, 6) is 0. The first-order chi connectivity index (χ1) is 17.1. The van der Waals surface area contributed by atoms with Crippen LogP contribution in [0.25, 0.3) is 11.1 Å². The number of nitrogens with zero attached hydrogens (tertiary/aromatic N) is 2. The third-order valence-electron chi connectivity index (χ3n) is 7.55. The minimum absolute atomic E-state index is 0.0216. The fraction of sp³-hybridized carbons (Fsp3) is 0.294. The van der Waals surface area contributed by atoms with Gasteiger partial charge in [0.1, 0.15) is 0 Å². The van der Waals surface area contributed by atoms with Crippen LogP contribution in [-0.4, -0.2) is 11.1 Å². The van der Waals surface area contributed by atoms with Crippen LogP contribution < -0.4 is 9.80 Å². The molecule has 0 aromatic heterocycles. The first-order valence-electron chi connectivity index (χ1n) is 13.1. The van der Waals surface area contributed by atoms with Crippen molar-refractivity contribution >= 4 is 22.7 Å². The van der Waals surface area contributed by atoms with E-state index in [0.29, 0.717) is 0 Å². The highest BCUT2D eigenvalue weighted by Crippen LogP contribution is 2.47. The van der Waals surface area contributed by atoms with Crippen molar-refractivity contribution in [2.45, 2.75) is 65.5 Å². The monoisotopic (exact) mass is 472 g/mol. The first-order valence-corrected chi connectivity index (χ1v) is 13.1. The molecule has 4 aromatic rings. The van der Waals surface area contributed by atoms with Gasteiger partial charge in [0.15, 0.2) is 0 Å². The van der Waals surface area contributed by atoms with Gasteiger partial charge in [-0.2, -0.15) is 0 Å². The Morgan fingerprint density at radius 2 is 1.17 bits per heavy atom. The molecule has 36 heavy (non-hydrogen) atoms. The molecule has 1 aliphatic carbocycles. The van der Waals surface area contributed by atoms with E-state index in [1.54, 1.807) is 0 Å². The van der Waals surface area contributed by atoms with Crippen LogP contribution in [-0.2, 0) is 12.8 Å². The Kier molecular flexibility index (Phi) is 5.09. The third-order valence-corrected chi connectivity index (χ3v) is 7.55. The molecule has 182 valence electrons. The van der Waals surface area contributed by atoms with Gasteiger partial charge in [-0.15, -0.1) is 0 Å². The number of fused-ring (bicyclic) bond motifs is 5. The highest BCUT2D eigenvalue weighted by atomic mass is 15.2. The van der Waals surface area contributed by atoms with Crippen LogP contribution in [0, 0.1) is 0 Å². The molecular weight excluding hydrogens is 436 g/mol. The number of hydrogen-bond acceptors (Lipinski definition) is 2. The summed E-state index contributed by atoms with van der Waals surface area (Å²) in [5, 5.41) is 0. The second-order valence-electron chi connectivity index (χ2n) is 12.3. The van der Waals surface area contributed by atoms with E-state index in [0.717, 1.165) is 12.8 Å². The molecule has 0 atom stereocenters. The SMILES string of the molecule is CC(C)(C)N(c1ccc2c(c1)Cc1ccccc1N2c1ccc2c(c1)Cc1ccccc1-2)C(C)(C)C. The molecular formula is C34H36N2. The second kappa shape index (κ2) is 8.00. The summed E-state index contributed by atoms with van der Waals surface area (Å²) in [6.07, 6.45) is 1.96. The zero-order valence-electron chi connectivity index (χ0n) is 22.4.